The van der Waals surface area contributed by atoms with E-state index in [1.54, 1.807) is 18.2 Å². The van der Waals surface area contributed by atoms with Crippen LogP contribution in [-0.2, 0) is 4.74 Å². The predicted octanol–water partition coefficient (Wildman–Crippen LogP) is 5.46. The number of carbonyl (C=O) groups excluding carboxylic acids is 1. The molecule has 156 valence electrons. The molecule has 0 aliphatic heterocycles. The highest BCUT2D eigenvalue weighted by Gasteiger charge is 2.28. The van der Waals surface area contributed by atoms with Gasteiger partial charge in [0.15, 0.2) is 0 Å². The summed E-state index contributed by atoms with van der Waals surface area (Å²) in [6, 6.07) is 21.2. The zero-order valence-electron chi connectivity index (χ0n) is 17.1. The average molecular weight is 414 g/mol. The third kappa shape index (κ3) is 4.19. The number of nitrogens with zero attached hydrogens (tertiary/aromatic N) is 1. The molecule has 1 amide bonds. The van der Waals surface area contributed by atoms with Crippen LogP contribution >= 0.6 is 0 Å². The van der Waals surface area contributed by atoms with Crippen LogP contribution in [0.2, 0.25) is 0 Å². The van der Waals surface area contributed by atoms with E-state index in [2.05, 4.69) is 29.6 Å². The largest absolute Gasteiger partial charge is 0.449 e. The minimum Gasteiger partial charge on any atom is -0.449 e. The van der Waals surface area contributed by atoms with Gasteiger partial charge in [-0.25, -0.2) is 4.79 Å². The Morgan fingerprint density at radius 3 is 2.32 bits per heavy atom. The second-order valence-corrected chi connectivity index (χ2v) is 7.37. The number of aryl methyl sites for hydroxylation is 1. The van der Waals surface area contributed by atoms with E-state index < -0.39 is 11.0 Å². The maximum absolute atomic E-state index is 12.2. The predicted molar refractivity (Wildman–Crippen MR) is 120 cm³/mol. The SMILES string of the molecule is Cc1cccc([N+](=O)[O-])c1C=CCNC(=O)OCC1c2ccccc2-c2ccccc21. The molecule has 0 fully saturated rings. The highest BCUT2D eigenvalue weighted by atomic mass is 16.6. The van der Waals surface area contributed by atoms with Crippen LogP contribution in [0.5, 0.6) is 0 Å². The molecule has 0 bridgehead atoms. The molecule has 1 aliphatic rings. The molecule has 0 saturated heterocycles. The lowest BCUT2D eigenvalue weighted by atomic mass is 9.98. The molecule has 6 heteroatoms. The molecule has 1 N–H and O–H groups in total. The summed E-state index contributed by atoms with van der Waals surface area (Å²) in [5.41, 5.74) is 6.03. The van der Waals surface area contributed by atoms with Crippen molar-refractivity contribution in [3.8, 4) is 11.1 Å². The molecular weight excluding hydrogens is 392 g/mol. The van der Waals surface area contributed by atoms with Gasteiger partial charge in [0.25, 0.3) is 5.69 Å². The van der Waals surface area contributed by atoms with E-state index in [1.165, 1.54) is 17.2 Å². The van der Waals surface area contributed by atoms with Crippen LogP contribution in [0.4, 0.5) is 10.5 Å². The van der Waals surface area contributed by atoms with E-state index in [0.29, 0.717) is 5.56 Å². The number of amides is 1. The fourth-order valence-corrected chi connectivity index (χ4v) is 4.01. The van der Waals surface area contributed by atoms with E-state index in [9.17, 15) is 14.9 Å². The highest BCUT2D eigenvalue weighted by molar-refractivity contribution is 5.79. The number of nitrogens with one attached hydrogen (secondary N) is 1. The van der Waals surface area contributed by atoms with Crippen molar-refractivity contribution in [3.05, 3.63) is 105 Å². The molecule has 1 aliphatic carbocycles. The number of benzene rings is 3. The molecular formula is C25H22N2O4. The van der Waals surface area contributed by atoms with Crippen molar-refractivity contribution in [2.24, 2.45) is 0 Å². The van der Waals surface area contributed by atoms with Crippen LogP contribution in [0.1, 0.15) is 28.2 Å². The lowest BCUT2D eigenvalue weighted by Crippen LogP contribution is -2.26. The summed E-state index contributed by atoms with van der Waals surface area (Å²) in [4.78, 5) is 23.0. The van der Waals surface area contributed by atoms with E-state index in [1.807, 2.05) is 37.3 Å². The van der Waals surface area contributed by atoms with E-state index >= 15 is 0 Å². The van der Waals surface area contributed by atoms with Crippen molar-refractivity contribution < 1.29 is 14.5 Å². The summed E-state index contributed by atoms with van der Waals surface area (Å²) in [6.07, 6.45) is 2.80. The average Bonchev–Trinajstić information content (AvgIpc) is 3.09. The first-order valence-electron chi connectivity index (χ1n) is 10.1. The van der Waals surface area contributed by atoms with Gasteiger partial charge in [-0.1, -0.05) is 72.8 Å². The number of fused-ring (bicyclic) bond motifs is 3. The first-order valence-corrected chi connectivity index (χ1v) is 10.1. The summed E-state index contributed by atoms with van der Waals surface area (Å²) >= 11 is 0. The number of ether oxygens (including phenoxy) is 1. The van der Waals surface area contributed by atoms with E-state index in [0.717, 1.165) is 16.7 Å². The van der Waals surface area contributed by atoms with Gasteiger partial charge in [-0.3, -0.25) is 10.1 Å². The number of hydrogen-bond acceptors (Lipinski definition) is 4. The third-order valence-electron chi connectivity index (χ3n) is 5.49. The minimum atomic E-state index is -0.522. The zero-order chi connectivity index (χ0) is 21.8. The van der Waals surface area contributed by atoms with Crippen molar-refractivity contribution in [2.45, 2.75) is 12.8 Å². The molecule has 4 rings (SSSR count). The van der Waals surface area contributed by atoms with Crippen LogP contribution in [0.25, 0.3) is 17.2 Å². The van der Waals surface area contributed by atoms with Gasteiger partial charge < -0.3 is 10.1 Å². The zero-order valence-corrected chi connectivity index (χ0v) is 17.1. The Labute approximate surface area is 180 Å². The van der Waals surface area contributed by atoms with Gasteiger partial charge in [-0.05, 0) is 34.7 Å². The van der Waals surface area contributed by atoms with Gasteiger partial charge >= 0.3 is 6.09 Å². The molecule has 0 aromatic heterocycles. The maximum Gasteiger partial charge on any atom is 0.407 e. The summed E-state index contributed by atoms with van der Waals surface area (Å²) in [7, 11) is 0. The van der Waals surface area contributed by atoms with Gasteiger partial charge in [-0.2, -0.15) is 0 Å². The van der Waals surface area contributed by atoms with Crippen molar-refractivity contribution in [1.82, 2.24) is 5.32 Å². The molecule has 0 radical (unpaired) electrons. The summed E-state index contributed by atoms with van der Waals surface area (Å²) in [5, 5.41) is 13.9. The number of nitro benzene ring substituents is 1. The Hall–Kier alpha value is -3.93. The molecule has 3 aromatic carbocycles. The highest BCUT2D eigenvalue weighted by Crippen LogP contribution is 2.44. The quantitative estimate of drug-likeness (QED) is 0.429. The van der Waals surface area contributed by atoms with Crippen molar-refractivity contribution in [3.63, 3.8) is 0 Å². The van der Waals surface area contributed by atoms with Gasteiger partial charge in [0.2, 0.25) is 0 Å². The molecule has 3 aromatic rings. The summed E-state index contributed by atoms with van der Waals surface area (Å²) in [6.45, 7) is 2.26. The number of rotatable bonds is 6. The number of hydrogen-bond donors (Lipinski definition) is 1. The van der Waals surface area contributed by atoms with Crippen molar-refractivity contribution >= 4 is 17.9 Å². The second-order valence-electron chi connectivity index (χ2n) is 7.37. The van der Waals surface area contributed by atoms with Gasteiger partial charge in [-0.15, -0.1) is 0 Å². The fraction of sp³-hybridized carbons (Fsp3) is 0.160. The Balaban J connectivity index is 1.36. The molecule has 0 heterocycles. The molecule has 31 heavy (non-hydrogen) atoms. The standard InChI is InChI=1S/C25H22N2O4/c1-17-8-6-14-24(27(29)30)18(17)13-7-15-26-25(28)31-16-23-21-11-4-2-9-19(21)20-10-3-5-12-22(20)23/h2-14,23H,15-16H2,1H3,(H,26,28). The first kappa shape index (κ1) is 20.3. The number of alkyl carbamates (subject to hydrolysis) is 1. The van der Waals surface area contributed by atoms with Crippen LogP contribution in [0, 0.1) is 17.0 Å². The summed E-state index contributed by atoms with van der Waals surface area (Å²) in [5.74, 6) is 0.00306. The number of carbonyl (C=O) groups is 1. The van der Waals surface area contributed by atoms with Crippen LogP contribution < -0.4 is 5.32 Å². The lowest BCUT2D eigenvalue weighted by molar-refractivity contribution is -0.385. The minimum absolute atomic E-state index is 0.00306. The molecule has 0 atom stereocenters. The Morgan fingerprint density at radius 2 is 1.68 bits per heavy atom. The first-order chi connectivity index (χ1) is 15.1. The molecule has 0 spiro atoms. The van der Waals surface area contributed by atoms with Crippen LogP contribution in [0.3, 0.4) is 0 Å². The third-order valence-corrected chi connectivity index (χ3v) is 5.49. The molecule has 0 unspecified atom stereocenters. The lowest BCUT2D eigenvalue weighted by Gasteiger charge is -2.14. The van der Waals surface area contributed by atoms with E-state index in [-0.39, 0.29) is 24.8 Å². The Kier molecular flexibility index (Phi) is 5.80. The smallest absolute Gasteiger partial charge is 0.407 e. The summed E-state index contributed by atoms with van der Waals surface area (Å²) < 4.78 is 5.49. The maximum atomic E-state index is 12.2. The van der Waals surface area contributed by atoms with Gasteiger partial charge in [0.1, 0.15) is 6.61 Å². The van der Waals surface area contributed by atoms with Crippen molar-refractivity contribution in [2.75, 3.05) is 13.2 Å². The normalized spacial score (nSPS) is 12.4. The van der Waals surface area contributed by atoms with Gasteiger partial charge in [0.05, 0.1) is 10.5 Å². The monoisotopic (exact) mass is 414 g/mol. The topological polar surface area (TPSA) is 81.5 Å². The molecule has 0 saturated carbocycles. The second kappa shape index (κ2) is 8.83. The van der Waals surface area contributed by atoms with Gasteiger partial charge in [0, 0.05) is 18.5 Å². The van der Waals surface area contributed by atoms with Crippen LogP contribution in [0.15, 0.2) is 72.8 Å². The number of nitro groups is 1. The van der Waals surface area contributed by atoms with Crippen molar-refractivity contribution in [1.29, 1.82) is 0 Å². The molecule has 6 nitrogen and oxygen atoms in total. The Morgan fingerprint density at radius 1 is 1.03 bits per heavy atom. The fourth-order valence-electron chi connectivity index (χ4n) is 4.01. The van der Waals surface area contributed by atoms with Crippen LogP contribution in [-0.4, -0.2) is 24.2 Å². The Bertz CT molecular complexity index is 1120. The van der Waals surface area contributed by atoms with E-state index in [4.69, 9.17) is 4.74 Å².